The van der Waals surface area contributed by atoms with Crippen molar-refractivity contribution in [1.82, 2.24) is 10.3 Å². The van der Waals surface area contributed by atoms with Gasteiger partial charge in [0, 0.05) is 19.6 Å². The van der Waals surface area contributed by atoms with Crippen molar-refractivity contribution in [3.05, 3.63) is 0 Å². The van der Waals surface area contributed by atoms with E-state index in [1.807, 2.05) is 0 Å². The first kappa shape index (κ1) is 12.3. The molecule has 1 unspecified atom stereocenters. The van der Waals surface area contributed by atoms with Crippen LogP contribution in [-0.4, -0.2) is 43.2 Å². The minimum Gasteiger partial charge on any atom is -0.375 e. The molecule has 15 heavy (non-hydrogen) atoms. The minimum atomic E-state index is 0.253. The molecule has 0 saturated carbocycles. The van der Waals surface area contributed by atoms with Gasteiger partial charge in [-0.25, -0.2) is 5.84 Å². The van der Waals surface area contributed by atoms with Gasteiger partial charge in [0.05, 0.1) is 12.7 Å². The summed E-state index contributed by atoms with van der Waals surface area (Å²) in [5, 5.41) is 0. The van der Waals surface area contributed by atoms with E-state index in [1.165, 1.54) is 0 Å². The highest BCUT2D eigenvalue weighted by Crippen LogP contribution is 2.04. The van der Waals surface area contributed by atoms with Crippen LogP contribution in [0.3, 0.4) is 0 Å². The van der Waals surface area contributed by atoms with Gasteiger partial charge in [0.1, 0.15) is 0 Å². The molecule has 0 aliphatic carbocycles. The topological polar surface area (TPSA) is 62.9 Å². The van der Waals surface area contributed by atoms with Crippen LogP contribution in [-0.2, 0) is 4.74 Å². The highest BCUT2D eigenvalue weighted by Gasteiger charge is 2.18. The number of nitrogens with two attached hydrogens (primary N) is 1. The number of guanidine groups is 1. The van der Waals surface area contributed by atoms with E-state index in [1.54, 1.807) is 0 Å². The summed E-state index contributed by atoms with van der Waals surface area (Å²) in [6.07, 6.45) is 2.51. The van der Waals surface area contributed by atoms with Gasteiger partial charge in [-0.05, 0) is 13.3 Å². The maximum atomic E-state index is 5.47. The molecule has 0 aromatic heterocycles. The fourth-order valence-corrected chi connectivity index (χ4v) is 1.59. The standard InChI is InChI=1S/C10H22N4O/c1-3-4-5-12-10(13-11)14-6-7-15-9(2)8-14/h9H,3-8,11H2,1-2H3,(H,12,13). The Labute approximate surface area is 91.6 Å². The monoisotopic (exact) mass is 214 g/mol. The van der Waals surface area contributed by atoms with Crippen LogP contribution in [0.25, 0.3) is 0 Å². The summed E-state index contributed by atoms with van der Waals surface area (Å²) in [7, 11) is 0. The van der Waals surface area contributed by atoms with Gasteiger partial charge in [-0.1, -0.05) is 13.3 Å². The lowest BCUT2D eigenvalue weighted by molar-refractivity contribution is 0.00458. The molecule has 1 heterocycles. The fraction of sp³-hybridized carbons (Fsp3) is 0.900. The van der Waals surface area contributed by atoms with Gasteiger partial charge < -0.3 is 9.64 Å². The lowest BCUT2D eigenvalue weighted by Crippen LogP contribution is -2.51. The molecule has 0 aromatic carbocycles. The Morgan fingerprint density at radius 2 is 2.47 bits per heavy atom. The zero-order valence-electron chi connectivity index (χ0n) is 9.70. The molecule has 1 aliphatic heterocycles. The summed E-state index contributed by atoms with van der Waals surface area (Å²) in [4.78, 5) is 6.58. The average Bonchev–Trinajstić information content (AvgIpc) is 2.24. The normalized spacial score (nSPS) is 23.0. The first-order valence-corrected chi connectivity index (χ1v) is 5.65. The van der Waals surface area contributed by atoms with Crippen molar-refractivity contribution in [2.24, 2.45) is 10.8 Å². The number of nitrogens with zero attached hydrogens (tertiary/aromatic N) is 2. The molecular formula is C10H22N4O. The predicted octanol–water partition coefficient (Wildman–Crippen LogP) is 0.327. The van der Waals surface area contributed by atoms with Crippen molar-refractivity contribution < 1.29 is 4.74 Å². The molecule has 0 amide bonds. The summed E-state index contributed by atoms with van der Waals surface area (Å²) < 4.78 is 5.46. The Hall–Kier alpha value is -0.810. The van der Waals surface area contributed by atoms with Crippen LogP contribution in [0, 0.1) is 0 Å². The molecule has 0 radical (unpaired) electrons. The third-order valence-electron chi connectivity index (χ3n) is 2.44. The SMILES string of the molecule is CCCCN=C(NN)N1CCOC(C)C1. The van der Waals surface area contributed by atoms with Crippen molar-refractivity contribution >= 4 is 5.96 Å². The zero-order chi connectivity index (χ0) is 11.1. The molecule has 0 bridgehead atoms. The van der Waals surface area contributed by atoms with E-state index >= 15 is 0 Å². The Bertz CT molecular complexity index is 208. The third kappa shape index (κ3) is 4.05. The number of hydrazine groups is 1. The summed E-state index contributed by atoms with van der Waals surface area (Å²) in [5.74, 6) is 6.26. The van der Waals surface area contributed by atoms with Crippen molar-refractivity contribution in [2.45, 2.75) is 32.8 Å². The van der Waals surface area contributed by atoms with Crippen LogP contribution in [0.4, 0.5) is 0 Å². The number of aliphatic imine (C=N–C) groups is 1. The Kier molecular flexibility index (Phi) is 5.42. The van der Waals surface area contributed by atoms with Crippen molar-refractivity contribution in [3.63, 3.8) is 0 Å². The minimum absolute atomic E-state index is 0.253. The number of nitrogens with one attached hydrogen (secondary N) is 1. The molecule has 1 rings (SSSR count). The highest BCUT2D eigenvalue weighted by molar-refractivity contribution is 5.79. The van der Waals surface area contributed by atoms with Gasteiger partial charge in [0.15, 0.2) is 0 Å². The van der Waals surface area contributed by atoms with E-state index in [9.17, 15) is 0 Å². The number of hydrogen-bond donors (Lipinski definition) is 2. The van der Waals surface area contributed by atoms with Gasteiger partial charge >= 0.3 is 0 Å². The Morgan fingerprint density at radius 1 is 1.67 bits per heavy atom. The molecule has 1 aliphatic rings. The van der Waals surface area contributed by atoms with Crippen LogP contribution in [0.1, 0.15) is 26.7 Å². The van der Waals surface area contributed by atoms with Gasteiger partial charge in [-0.15, -0.1) is 0 Å². The molecule has 0 aromatic rings. The highest BCUT2D eigenvalue weighted by atomic mass is 16.5. The second kappa shape index (κ2) is 6.63. The van der Waals surface area contributed by atoms with E-state index < -0.39 is 0 Å². The number of rotatable bonds is 3. The van der Waals surface area contributed by atoms with Gasteiger partial charge in [-0.3, -0.25) is 10.4 Å². The van der Waals surface area contributed by atoms with E-state index in [0.717, 1.165) is 45.0 Å². The molecular weight excluding hydrogens is 192 g/mol. The van der Waals surface area contributed by atoms with Crippen molar-refractivity contribution in [1.29, 1.82) is 0 Å². The molecule has 0 spiro atoms. The van der Waals surface area contributed by atoms with Crippen LogP contribution < -0.4 is 11.3 Å². The van der Waals surface area contributed by atoms with Crippen LogP contribution in [0.15, 0.2) is 4.99 Å². The van der Waals surface area contributed by atoms with Crippen LogP contribution in [0.5, 0.6) is 0 Å². The van der Waals surface area contributed by atoms with E-state index in [0.29, 0.717) is 0 Å². The molecule has 88 valence electrons. The molecule has 1 fully saturated rings. The molecule has 5 heteroatoms. The van der Waals surface area contributed by atoms with Gasteiger partial charge in [0.2, 0.25) is 5.96 Å². The molecule has 1 atom stereocenters. The summed E-state index contributed by atoms with van der Waals surface area (Å²) in [6.45, 7) is 7.51. The van der Waals surface area contributed by atoms with E-state index in [-0.39, 0.29) is 6.10 Å². The largest absolute Gasteiger partial charge is 0.375 e. The average molecular weight is 214 g/mol. The maximum absolute atomic E-state index is 5.47. The van der Waals surface area contributed by atoms with Gasteiger partial charge in [-0.2, -0.15) is 0 Å². The molecule has 5 nitrogen and oxygen atoms in total. The smallest absolute Gasteiger partial charge is 0.208 e. The third-order valence-corrected chi connectivity index (χ3v) is 2.44. The molecule has 1 saturated heterocycles. The van der Waals surface area contributed by atoms with E-state index in [4.69, 9.17) is 10.6 Å². The second-order valence-electron chi connectivity index (χ2n) is 3.83. The Balaban J connectivity index is 2.45. The second-order valence-corrected chi connectivity index (χ2v) is 3.83. The Morgan fingerprint density at radius 3 is 3.07 bits per heavy atom. The lowest BCUT2D eigenvalue weighted by Gasteiger charge is -2.33. The van der Waals surface area contributed by atoms with Gasteiger partial charge in [0.25, 0.3) is 0 Å². The number of unbranched alkanes of at least 4 members (excludes halogenated alkanes) is 1. The maximum Gasteiger partial charge on any atom is 0.208 e. The lowest BCUT2D eigenvalue weighted by atomic mass is 10.3. The van der Waals surface area contributed by atoms with Crippen LogP contribution >= 0.6 is 0 Å². The summed E-state index contributed by atoms with van der Waals surface area (Å²) in [5.41, 5.74) is 2.67. The predicted molar refractivity (Wildman–Crippen MR) is 61.5 cm³/mol. The van der Waals surface area contributed by atoms with Crippen molar-refractivity contribution in [2.75, 3.05) is 26.2 Å². The summed E-state index contributed by atoms with van der Waals surface area (Å²) in [6, 6.07) is 0. The molecule has 3 N–H and O–H groups in total. The first-order valence-electron chi connectivity index (χ1n) is 5.65. The number of hydrogen-bond acceptors (Lipinski definition) is 3. The quantitative estimate of drug-likeness (QED) is 0.234. The van der Waals surface area contributed by atoms with Crippen molar-refractivity contribution in [3.8, 4) is 0 Å². The zero-order valence-corrected chi connectivity index (χ0v) is 9.70. The van der Waals surface area contributed by atoms with Crippen LogP contribution in [0.2, 0.25) is 0 Å². The first-order chi connectivity index (χ1) is 7.27. The summed E-state index contributed by atoms with van der Waals surface area (Å²) >= 11 is 0. The number of morpholine rings is 1. The fourth-order valence-electron chi connectivity index (χ4n) is 1.59. The number of ether oxygens (including phenoxy) is 1. The van der Waals surface area contributed by atoms with E-state index in [2.05, 4.69) is 29.2 Å².